The first kappa shape index (κ1) is 80.4. The van der Waals surface area contributed by atoms with E-state index in [2.05, 4.69) is 157 Å². The Labute approximate surface area is 643 Å². The molecule has 0 aliphatic carbocycles. The molecule has 574 valence electrons. The van der Waals surface area contributed by atoms with Crippen molar-refractivity contribution in [3.05, 3.63) is 173 Å². The molecule has 32 heteroatoms. The van der Waals surface area contributed by atoms with E-state index in [1.807, 2.05) is 129 Å². The average Bonchev–Trinajstić information content (AvgIpc) is 1.67. The van der Waals surface area contributed by atoms with Crippen molar-refractivity contribution in [2.45, 2.75) is 158 Å². The van der Waals surface area contributed by atoms with Gasteiger partial charge in [0.15, 0.2) is 39.1 Å². The summed E-state index contributed by atoms with van der Waals surface area (Å²) in [6.45, 7) is 31.8. The van der Waals surface area contributed by atoms with Gasteiger partial charge in [0.1, 0.15) is 0 Å². The van der Waals surface area contributed by atoms with Gasteiger partial charge in [0, 0.05) is 138 Å². The number of aliphatic hydroxyl groups excluding tert-OH is 1. The summed E-state index contributed by atoms with van der Waals surface area (Å²) in [5, 5.41) is 50.4. The van der Waals surface area contributed by atoms with Gasteiger partial charge in [-0.25, -0.2) is 34.9 Å². The van der Waals surface area contributed by atoms with E-state index >= 15 is 0 Å². The number of piperazine rings is 1. The predicted octanol–water partition coefficient (Wildman–Crippen LogP) is 12.4. The van der Waals surface area contributed by atoms with Gasteiger partial charge < -0.3 is 76.7 Å². The van der Waals surface area contributed by atoms with E-state index in [-0.39, 0.29) is 34.9 Å². The predicted molar refractivity (Wildman–Crippen MR) is 437 cm³/mol. The summed E-state index contributed by atoms with van der Waals surface area (Å²) in [6, 6.07) is 27.8. The minimum absolute atomic E-state index is 0.0131. The monoisotopic (exact) mass is 1520 g/mol. The first-order chi connectivity index (χ1) is 52.4. The van der Waals surface area contributed by atoms with Crippen molar-refractivity contribution in [3.63, 3.8) is 0 Å². The maximum Gasteiger partial charge on any atom is 0.307 e. The molecule has 1 saturated heterocycles. The van der Waals surface area contributed by atoms with Crippen molar-refractivity contribution in [1.82, 2.24) is 89.1 Å². The van der Waals surface area contributed by atoms with Crippen LogP contribution in [0.25, 0.3) is 43.5 Å². The van der Waals surface area contributed by atoms with Crippen LogP contribution < -0.4 is 57.6 Å². The van der Waals surface area contributed by atoms with Gasteiger partial charge in [0.2, 0.25) is 29.7 Å². The fourth-order valence-electron chi connectivity index (χ4n) is 11.6. The van der Waals surface area contributed by atoms with E-state index in [1.54, 1.807) is 81.2 Å². The van der Waals surface area contributed by atoms with Gasteiger partial charge in [-0.2, -0.15) is 19.9 Å². The Bertz CT molecular complexity index is 4940. The van der Waals surface area contributed by atoms with Crippen molar-refractivity contribution < 1.29 is 15.0 Å². The van der Waals surface area contributed by atoms with Gasteiger partial charge in [-0.3, -0.25) is 19.6 Å². The molecular weight excluding hydrogens is 1420 g/mol. The third kappa shape index (κ3) is 22.0. The number of rotatable bonds is 27. The minimum atomic E-state index is -0.894. The van der Waals surface area contributed by atoms with Crippen molar-refractivity contribution in [2.75, 3.05) is 74.8 Å². The first-order valence-corrected chi connectivity index (χ1v) is 38.2. The van der Waals surface area contributed by atoms with Crippen LogP contribution in [-0.2, 0) is 31.5 Å². The molecule has 13 rings (SSSR count). The van der Waals surface area contributed by atoms with Crippen molar-refractivity contribution >= 4 is 109 Å². The van der Waals surface area contributed by atoms with Crippen LogP contribution in [-0.4, -0.2) is 151 Å². The number of aromatic nitrogens is 16. The van der Waals surface area contributed by atoms with E-state index < -0.39 is 11.7 Å². The van der Waals surface area contributed by atoms with Gasteiger partial charge >= 0.3 is 4.87 Å². The number of hydrogen-bond donors (Lipinski definition) is 11. The van der Waals surface area contributed by atoms with Gasteiger partial charge in [-0.05, 0) is 159 Å². The molecule has 0 spiro atoms. The summed E-state index contributed by atoms with van der Waals surface area (Å²) in [7, 11) is 1.78. The average molecular weight is 1520 g/mol. The lowest BCUT2D eigenvalue weighted by Crippen LogP contribution is -2.43. The van der Waals surface area contributed by atoms with E-state index in [0.29, 0.717) is 55.1 Å². The Kier molecular flexibility index (Phi) is 28.1. The number of amides is 1. The molecule has 2 aromatic carbocycles. The zero-order valence-corrected chi connectivity index (χ0v) is 65.9. The third-order valence-electron chi connectivity index (χ3n) is 17.8. The summed E-state index contributed by atoms with van der Waals surface area (Å²) in [4.78, 5) is 85.4. The van der Waals surface area contributed by atoms with E-state index in [9.17, 15) is 19.8 Å². The molecule has 1 fully saturated rings. The van der Waals surface area contributed by atoms with Crippen LogP contribution in [0.1, 0.15) is 129 Å². The van der Waals surface area contributed by atoms with Crippen molar-refractivity contribution in [1.29, 1.82) is 0 Å². The van der Waals surface area contributed by atoms with Crippen LogP contribution in [0.5, 0.6) is 0 Å². The molecule has 0 bridgehead atoms. The SMILES string of the molecule is CCNc1nc(C)c(-c2ccnc(Nc3ccc(CNC(C)=O)cc3)n2)s1.CC[C@H](Nc1nc(NCc2cccnc2)c2ncn(C(C)C)c2n1)C(C)(C)O.CC[C@H](Nc1nc(NCc2cccnc2)c2ncn(C(C)C)c2n1)[C@@H](C)O.Cc1c(-c2ccnc(Nc3ccc(N4CCNCC4)cc3)n2)sc(=O)n1C. The molecule has 0 saturated carbocycles. The number of aliphatic hydroxyl groups is 2. The number of fused-ring (bicyclic) bond motifs is 2. The third-order valence-corrected chi connectivity index (χ3v) is 20.1. The first-order valence-electron chi connectivity index (χ1n) is 36.6. The number of carbonyl (C=O) groups excluding carboxylic acids is 1. The van der Waals surface area contributed by atoms with Crippen LogP contribution in [0, 0.1) is 13.8 Å². The number of pyridine rings is 2. The van der Waals surface area contributed by atoms with Crippen LogP contribution in [0.2, 0.25) is 0 Å². The number of imidazole rings is 2. The molecule has 1 aliphatic rings. The Balaban J connectivity index is 0.000000155. The van der Waals surface area contributed by atoms with Gasteiger partial charge in [-0.1, -0.05) is 60.8 Å². The summed E-state index contributed by atoms with van der Waals surface area (Å²) in [5.74, 6) is 3.26. The lowest BCUT2D eigenvalue weighted by Gasteiger charge is -2.29. The fraction of sp³-hybridized carbons (Fsp3) is 0.390. The Hall–Kier alpha value is -11.2. The minimum Gasteiger partial charge on any atom is -0.391 e. The van der Waals surface area contributed by atoms with E-state index in [0.717, 1.165) is 134 Å². The van der Waals surface area contributed by atoms with E-state index in [4.69, 9.17) is 0 Å². The number of benzene rings is 2. The molecule has 1 amide bonds. The Morgan fingerprint density at radius 2 is 1.14 bits per heavy atom. The number of anilines is 10. The molecule has 12 aromatic rings. The number of nitrogens with one attached hydrogen (secondary N) is 9. The maximum absolute atomic E-state index is 11.9. The smallest absolute Gasteiger partial charge is 0.307 e. The number of thiazole rings is 2. The summed E-state index contributed by atoms with van der Waals surface area (Å²) < 4.78 is 5.67. The number of hydrogen-bond acceptors (Lipinski definition) is 28. The maximum atomic E-state index is 11.9. The highest BCUT2D eigenvalue weighted by atomic mass is 32.1. The largest absolute Gasteiger partial charge is 0.391 e. The second-order valence-corrected chi connectivity index (χ2v) is 29.2. The molecule has 1 aliphatic heterocycles. The molecule has 30 nitrogen and oxygen atoms in total. The summed E-state index contributed by atoms with van der Waals surface area (Å²) >= 11 is 2.79. The topological polar surface area (TPSA) is 368 Å². The highest BCUT2D eigenvalue weighted by Gasteiger charge is 2.27. The standard InChI is InChI=1S/C20H29N7O.C19H27N7O.2C19H22N6OS/c1-6-15(20(4,5)28)24-19-25-17(22-11-14-8-7-9-21-10-14)16-18(26-19)27(12-23-16)13(2)3;1-5-15(13(4)27)23-19-24-17(21-10-14-7-6-8-20-9-14)16-18(25-19)26(11-22-16)12(2)3;1-13-17(27-19(26)24(13)2)16-7-8-21-18(23-16)22-14-3-5-15(6-4-14)25-11-9-20-10-12-25;1-4-20-19-23-12(2)17(27-19)16-9-10-21-18(25-16)24-15-7-5-14(6-8-15)11-22-13(3)26/h7-10,12-13,15,28H,6,11H2,1-5H3,(H2,22,24,25,26);6-9,11-13,15,27H,5,10H2,1-4H3,(H2,21,23,24,25);3-8,20H,9-12H2,1-2H3,(H,21,22,23);5-10H,4,11H2,1-3H3,(H,20,23)(H,22,26)(H,21,24,25)/t15-;13-,15+;;/m01../s1. The lowest BCUT2D eigenvalue weighted by atomic mass is 9.97. The molecule has 11 heterocycles. The van der Waals surface area contributed by atoms with Crippen LogP contribution in [0.3, 0.4) is 0 Å². The molecule has 109 heavy (non-hydrogen) atoms. The van der Waals surface area contributed by atoms with Crippen molar-refractivity contribution in [2.24, 2.45) is 7.05 Å². The quantitative estimate of drug-likeness (QED) is 0.0228. The van der Waals surface area contributed by atoms with Crippen LogP contribution >= 0.6 is 22.7 Å². The number of nitrogens with zero attached hydrogens (tertiary/aromatic N) is 17. The Morgan fingerprint density at radius 1 is 0.606 bits per heavy atom. The normalized spacial score (nSPS) is 12.9. The van der Waals surface area contributed by atoms with Gasteiger partial charge in [0.25, 0.3) is 0 Å². The summed E-state index contributed by atoms with van der Waals surface area (Å²) in [5.41, 5.74) is 11.7. The fourth-order valence-corrected chi connectivity index (χ4v) is 13.5. The van der Waals surface area contributed by atoms with Gasteiger partial charge in [-0.15, -0.1) is 0 Å². The zero-order chi connectivity index (χ0) is 77.7. The molecule has 11 N–H and O–H groups in total. The van der Waals surface area contributed by atoms with Crippen LogP contribution in [0.4, 0.5) is 57.6 Å². The lowest BCUT2D eigenvalue weighted by molar-refractivity contribution is -0.119. The second kappa shape index (κ2) is 38.1. The van der Waals surface area contributed by atoms with Gasteiger partial charge in [0.05, 0.1) is 63.3 Å². The number of carbonyl (C=O) groups is 1. The molecule has 10 aromatic heterocycles. The molecule has 0 unspecified atom stereocenters. The Morgan fingerprint density at radius 3 is 1.60 bits per heavy atom. The highest BCUT2D eigenvalue weighted by molar-refractivity contribution is 7.19. The van der Waals surface area contributed by atoms with Crippen molar-refractivity contribution in [3.8, 4) is 21.1 Å². The van der Waals surface area contributed by atoms with E-state index in [1.165, 1.54) is 23.9 Å². The molecule has 0 radical (unpaired) electrons. The zero-order valence-electron chi connectivity index (χ0n) is 64.3. The molecule has 3 atom stereocenters. The van der Waals surface area contributed by atoms with Crippen LogP contribution in [0.15, 0.2) is 140 Å². The summed E-state index contributed by atoms with van der Waals surface area (Å²) in [6.07, 6.45) is 15.2. The number of aryl methyl sites for hydroxylation is 1. The second-order valence-electron chi connectivity index (χ2n) is 27.2. The molecular formula is C77H100N26O4S2. The highest BCUT2D eigenvalue weighted by Crippen LogP contribution is 2.33.